The smallest absolute Gasteiger partial charge is 0.282 e. The lowest BCUT2D eigenvalue weighted by molar-refractivity contribution is -0.120. The van der Waals surface area contributed by atoms with Crippen molar-refractivity contribution >= 4 is 40.4 Å². The van der Waals surface area contributed by atoms with E-state index >= 15 is 0 Å². The average molecular weight is 454 g/mol. The SMILES string of the molecule is CCc1ccc(NC2=C(c3ccc(C)c(C)c3)C(=O)N(c3ccc(NC(C)=O)cc3)C2=O)cc1. The normalized spacial score (nSPS) is 13.5. The van der Waals surface area contributed by atoms with E-state index in [9.17, 15) is 14.4 Å². The number of nitrogens with zero attached hydrogens (tertiary/aromatic N) is 1. The number of anilines is 3. The number of carbonyl (C=O) groups is 3. The van der Waals surface area contributed by atoms with Crippen molar-refractivity contribution in [2.75, 3.05) is 15.5 Å². The zero-order valence-corrected chi connectivity index (χ0v) is 19.7. The van der Waals surface area contributed by atoms with Crippen molar-refractivity contribution in [3.63, 3.8) is 0 Å². The van der Waals surface area contributed by atoms with E-state index in [-0.39, 0.29) is 11.6 Å². The van der Waals surface area contributed by atoms with Crippen molar-refractivity contribution in [2.45, 2.75) is 34.1 Å². The van der Waals surface area contributed by atoms with Crippen LogP contribution < -0.4 is 15.5 Å². The lowest BCUT2D eigenvalue weighted by Gasteiger charge is -2.16. The van der Waals surface area contributed by atoms with Gasteiger partial charge in [0.25, 0.3) is 11.8 Å². The molecule has 0 spiro atoms. The maximum Gasteiger partial charge on any atom is 0.282 e. The minimum atomic E-state index is -0.426. The van der Waals surface area contributed by atoms with Crippen molar-refractivity contribution in [3.05, 3.63) is 94.7 Å². The van der Waals surface area contributed by atoms with Gasteiger partial charge in [-0.25, -0.2) is 4.90 Å². The number of amides is 3. The molecule has 172 valence electrons. The van der Waals surface area contributed by atoms with Crippen LogP contribution in [-0.4, -0.2) is 17.7 Å². The third kappa shape index (κ3) is 4.48. The van der Waals surface area contributed by atoms with Crippen LogP contribution >= 0.6 is 0 Å². The zero-order chi connectivity index (χ0) is 24.4. The number of nitrogens with one attached hydrogen (secondary N) is 2. The molecule has 34 heavy (non-hydrogen) atoms. The van der Waals surface area contributed by atoms with Crippen LogP contribution in [0.3, 0.4) is 0 Å². The Kier molecular flexibility index (Phi) is 6.32. The highest BCUT2D eigenvalue weighted by Gasteiger charge is 2.40. The van der Waals surface area contributed by atoms with Crippen LogP contribution in [0.2, 0.25) is 0 Å². The van der Waals surface area contributed by atoms with Gasteiger partial charge in [-0.15, -0.1) is 0 Å². The highest BCUT2D eigenvalue weighted by Crippen LogP contribution is 2.35. The first kappa shape index (κ1) is 23.0. The Bertz CT molecular complexity index is 1310. The van der Waals surface area contributed by atoms with Gasteiger partial charge < -0.3 is 10.6 Å². The second-order valence-electron chi connectivity index (χ2n) is 8.40. The number of carbonyl (C=O) groups excluding carboxylic acids is 3. The van der Waals surface area contributed by atoms with Crippen molar-refractivity contribution in [1.82, 2.24) is 0 Å². The summed E-state index contributed by atoms with van der Waals surface area (Å²) in [5, 5.41) is 5.89. The van der Waals surface area contributed by atoms with Gasteiger partial charge in [0.1, 0.15) is 5.70 Å². The van der Waals surface area contributed by atoms with Crippen LogP contribution in [0.4, 0.5) is 17.1 Å². The summed E-state index contributed by atoms with van der Waals surface area (Å²) in [6.07, 6.45) is 0.913. The molecule has 0 aromatic heterocycles. The maximum atomic E-state index is 13.6. The average Bonchev–Trinajstić information content (AvgIpc) is 3.06. The molecule has 1 aliphatic heterocycles. The largest absolute Gasteiger partial charge is 0.350 e. The van der Waals surface area contributed by atoms with E-state index in [1.165, 1.54) is 17.4 Å². The highest BCUT2D eigenvalue weighted by molar-refractivity contribution is 6.46. The van der Waals surface area contributed by atoms with Gasteiger partial charge in [0.2, 0.25) is 5.91 Å². The van der Waals surface area contributed by atoms with Crippen molar-refractivity contribution < 1.29 is 14.4 Å². The number of imide groups is 1. The van der Waals surface area contributed by atoms with Gasteiger partial charge in [0.15, 0.2) is 0 Å². The van der Waals surface area contributed by atoms with Gasteiger partial charge in [-0.05, 0) is 78.9 Å². The minimum absolute atomic E-state index is 0.194. The van der Waals surface area contributed by atoms with Crippen LogP contribution in [0, 0.1) is 13.8 Å². The molecule has 0 saturated heterocycles. The van der Waals surface area contributed by atoms with E-state index < -0.39 is 11.8 Å². The van der Waals surface area contributed by atoms with Crippen LogP contribution in [0.1, 0.15) is 36.1 Å². The summed E-state index contributed by atoms with van der Waals surface area (Å²) in [7, 11) is 0. The van der Waals surface area contributed by atoms with Gasteiger partial charge in [0.05, 0.1) is 11.3 Å². The Hall–Kier alpha value is -4.19. The van der Waals surface area contributed by atoms with Gasteiger partial charge in [-0.3, -0.25) is 14.4 Å². The molecule has 3 amide bonds. The molecule has 1 aliphatic rings. The lowest BCUT2D eigenvalue weighted by atomic mass is 9.99. The first-order valence-corrected chi connectivity index (χ1v) is 11.2. The fourth-order valence-electron chi connectivity index (χ4n) is 3.91. The van der Waals surface area contributed by atoms with Crippen molar-refractivity contribution in [1.29, 1.82) is 0 Å². The molecule has 4 rings (SSSR count). The van der Waals surface area contributed by atoms with E-state index in [4.69, 9.17) is 0 Å². The Balaban J connectivity index is 1.76. The lowest BCUT2D eigenvalue weighted by Crippen LogP contribution is -2.32. The topological polar surface area (TPSA) is 78.5 Å². The Morgan fingerprint density at radius 1 is 0.824 bits per heavy atom. The summed E-state index contributed by atoms with van der Waals surface area (Å²) < 4.78 is 0. The molecule has 0 bridgehead atoms. The van der Waals surface area contributed by atoms with E-state index in [2.05, 4.69) is 17.6 Å². The monoisotopic (exact) mass is 453 g/mol. The molecular formula is C28H27N3O3. The molecule has 3 aromatic carbocycles. The molecule has 0 saturated carbocycles. The van der Waals surface area contributed by atoms with E-state index in [0.29, 0.717) is 22.5 Å². The maximum absolute atomic E-state index is 13.6. The predicted molar refractivity (Wildman–Crippen MR) is 136 cm³/mol. The first-order chi connectivity index (χ1) is 16.3. The third-order valence-electron chi connectivity index (χ3n) is 5.96. The van der Waals surface area contributed by atoms with Crippen LogP contribution in [0.5, 0.6) is 0 Å². The van der Waals surface area contributed by atoms with Crippen LogP contribution in [-0.2, 0) is 20.8 Å². The number of hydrogen-bond acceptors (Lipinski definition) is 4. The van der Waals surface area contributed by atoms with E-state index in [0.717, 1.165) is 23.2 Å². The first-order valence-electron chi connectivity index (χ1n) is 11.2. The van der Waals surface area contributed by atoms with Crippen molar-refractivity contribution in [2.24, 2.45) is 0 Å². The number of rotatable bonds is 6. The highest BCUT2D eigenvalue weighted by atomic mass is 16.2. The van der Waals surface area contributed by atoms with E-state index in [1.807, 2.05) is 56.3 Å². The predicted octanol–water partition coefficient (Wildman–Crippen LogP) is 5.22. The molecule has 0 atom stereocenters. The summed E-state index contributed by atoms with van der Waals surface area (Å²) in [5.74, 6) is -1.02. The third-order valence-corrected chi connectivity index (χ3v) is 5.96. The van der Waals surface area contributed by atoms with Crippen LogP contribution in [0.25, 0.3) is 5.57 Å². The standard InChI is InChI=1S/C28H27N3O3/c1-5-20-7-10-23(11-8-20)30-26-25(21-9-6-17(2)18(3)16-21)27(33)31(28(26)34)24-14-12-22(13-15-24)29-19(4)32/h6-16,30H,5H2,1-4H3,(H,29,32). The summed E-state index contributed by atoms with van der Waals surface area (Å²) in [4.78, 5) is 39.7. The number of hydrogen-bond donors (Lipinski definition) is 2. The Morgan fingerprint density at radius 3 is 2.06 bits per heavy atom. The second-order valence-corrected chi connectivity index (χ2v) is 8.40. The molecule has 0 radical (unpaired) electrons. The molecule has 0 aliphatic carbocycles. The van der Waals surface area contributed by atoms with E-state index in [1.54, 1.807) is 24.3 Å². The minimum Gasteiger partial charge on any atom is -0.350 e. The van der Waals surface area contributed by atoms with Gasteiger partial charge in [0, 0.05) is 18.3 Å². The summed E-state index contributed by atoms with van der Waals surface area (Å²) in [5.41, 5.74) is 6.34. The summed E-state index contributed by atoms with van der Waals surface area (Å²) >= 11 is 0. The fourth-order valence-corrected chi connectivity index (χ4v) is 3.91. The molecule has 6 heteroatoms. The van der Waals surface area contributed by atoms with Gasteiger partial charge >= 0.3 is 0 Å². The Morgan fingerprint density at radius 2 is 1.47 bits per heavy atom. The van der Waals surface area contributed by atoms with Crippen molar-refractivity contribution in [3.8, 4) is 0 Å². The quantitative estimate of drug-likeness (QED) is 0.502. The zero-order valence-electron chi connectivity index (χ0n) is 19.7. The molecular weight excluding hydrogens is 426 g/mol. The second kappa shape index (κ2) is 9.35. The molecule has 2 N–H and O–H groups in total. The summed E-state index contributed by atoms with van der Waals surface area (Å²) in [6.45, 7) is 7.49. The van der Waals surface area contributed by atoms with Gasteiger partial charge in [-0.2, -0.15) is 0 Å². The van der Waals surface area contributed by atoms with Crippen LogP contribution in [0.15, 0.2) is 72.4 Å². The molecule has 0 fully saturated rings. The summed E-state index contributed by atoms with van der Waals surface area (Å²) in [6, 6.07) is 20.2. The molecule has 0 unspecified atom stereocenters. The number of aryl methyl sites for hydroxylation is 3. The number of benzene rings is 3. The van der Waals surface area contributed by atoms with Gasteiger partial charge in [-0.1, -0.05) is 37.3 Å². The molecule has 1 heterocycles. The fraction of sp³-hybridized carbons (Fsp3) is 0.179. The molecule has 3 aromatic rings. The molecule has 6 nitrogen and oxygen atoms in total. The Labute approximate surface area is 199 Å².